The Hall–Kier alpha value is -3.28. The first-order valence-electron chi connectivity index (χ1n) is 9.23. The van der Waals surface area contributed by atoms with Crippen molar-refractivity contribution in [3.8, 4) is 11.5 Å². The number of hydrogen-bond donors (Lipinski definition) is 1. The maximum Gasteiger partial charge on any atom is 0.278 e. The summed E-state index contributed by atoms with van der Waals surface area (Å²) in [5.74, 6) is 0.520. The van der Waals surface area contributed by atoms with Crippen LogP contribution in [-0.2, 0) is 9.59 Å². The van der Waals surface area contributed by atoms with Crippen molar-refractivity contribution in [2.45, 2.75) is 26.8 Å². The Labute approximate surface area is 164 Å². The molecule has 0 saturated carbocycles. The van der Waals surface area contributed by atoms with Crippen molar-refractivity contribution < 1.29 is 19.1 Å². The Kier molecular flexibility index (Phi) is 5.68. The molecule has 1 aliphatic rings. The van der Waals surface area contributed by atoms with Crippen LogP contribution in [0.15, 0.2) is 54.2 Å². The summed E-state index contributed by atoms with van der Waals surface area (Å²) < 4.78 is 11.0. The van der Waals surface area contributed by atoms with Crippen LogP contribution >= 0.6 is 0 Å². The van der Waals surface area contributed by atoms with E-state index in [0.29, 0.717) is 34.9 Å². The SMILES string of the molecule is CCOc1cccc(NC2=C(c3ccccc3OC)C(=O)N(C(C)C)C2=O)c1. The van der Waals surface area contributed by atoms with Gasteiger partial charge in [0.15, 0.2) is 0 Å². The molecular formula is C22H24N2O4. The van der Waals surface area contributed by atoms with Crippen LogP contribution in [0.4, 0.5) is 5.69 Å². The van der Waals surface area contributed by atoms with Gasteiger partial charge in [0, 0.05) is 23.4 Å². The summed E-state index contributed by atoms with van der Waals surface area (Å²) in [6, 6.07) is 14.2. The number of carbonyl (C=O) groups excluding carboxylic acids is 2. The molecule has 28 heavy (non-hydrogen) atoms. The van der Waals surface area contributed by atoms with Crippen molar-refractivity contribution in [2.24, 2.45) is 0 Å². The maximum absolute atomic E-state index is 13.1. The first-order valence-corrected chi connectivity index (χ1v) is 9.23. The van der Waals surface area contributed by atoms with Crippen LogP contribution in [0.2, 0.25) is 0 Å². The molecule has 0 aliphatic carbocycles. The van der Waals surface area contributed by atoms with E-state index in [4.69, 9.17) is 9.47 Å². The fraction of sp³-hybridized carbons (Fsp3) is 0.273. The highest BCUT2D eigenvalue weighted by Crippen LogP contribution is 2.36. The summed E-state index contributed by atoms with van der Waals surface area (Å²) in [5, 5.41) is 3.14. The number of rotatable bonds is 7. The van der Waals surface area contributed by atoms with Gasteiger partial charge in [0.25, 0.3) is 11.8 Å². The number of ether oxygens (including phenoxy) is 2. The summed E-state index contributed by atoms with van der Waals surface area (Å²) in [6.45, 7) is 6.07. The number of hydrogen-bond acceptors (Lipinski definition) is 5. The number of imide groups is 1. The van der Waals surface area contributed by atoms with Gasteiger partial charge in [0.05, 0.1) is 19.3 Å². The van der Waals surface area contributed by atoms with Gasteiger partial charge in [-0.1, -0.05) is 24.3 Å². The predicted molar refractivity (Wildman–Crippen MR) is 108 cm³/mol. The van der Waals surface area contributed by atoms with Crippen molar-refractivity contribution >= 4 is 23.1 Å². The third-order valence-electron chi connectivity index (χ3n) is 4.42. The van der Waals surface area contributed by atoms with Gasteiger partial charge in [-0.05, 0) is 39.0 Å². The van der Waals surface area contributed by atoms with Crippen LogP contribution < -0.4 is 14.8 Å². The second-order valence-electron chi connectivity index (χ2n) is 6.61. The van der Waals surface area contributed by atoms with E-state index in [2.05, 4.69) is 5.32 Å². The average molecular weight is 380 g/mol. The van der Waals surface area contributed by atoms with Crippen LogP contribution in [0.3, 0.4) is 0 Å². The van der Waals surface area contributed by atoms with Crippen molar-refractivity contribution in [1.29, 1.82) is 0 Å². The number of benzene rings is 2. The van der Waals surface area contributed by atoms with E-state index in [1.165, 1.54) is 4.90 Å². The summed E-state index contributed by atoms with van der Waals surface area (Å²) in [7, 11) is 1.54. The van der Waals surface area contributed by atoms with Crippen LogP contribution in [0.1, 0.15) is 26.3 Å². The monoisotopic (exact) mass is 380 g/mol. The third-order valence-corrected chi connectivity index (χ3v) is 4.42. The second-order valence-corrected chi connectivity index (χ2v) is 6.61. The van der Waals surface area contributed by atoms with Crippen LogP contribution in [-0.4, -0.2) is 36.5 Å². The largest absolute Gasteiger partial charge is 0.496 e. The maximum atomic E-state index is 13.1. The number of anilines is 1. The molecule has 2 aromatic rings. The Morgan fingerprint density at radius 1 is 1.04 bits per heavy atom. The first kappa shape index (κ1) is 19.5. The van der Waals surface area contributed by atoms with Gasteiger partial charge in [0.1, 0.15) is 17.2 Å². The van der Waals surface area contributed by atoms with Crippen LogP contribution in [0, 0.1) is 0 Å². The molecule has 1 N–H and O–H groups in total. The molecule has 0 radical (unpaired) electrons. The van der Waals surface area contributed by atoms with E-state index in [-0.39, 0.29) is 23.6 Å². The third kappa shape index (κ3) is 3.58. The molecule has 2 aromatic carbocycles. The molecule has 2 amide bonds. The molecule has 1 heterocycles. The Morgan fingerprint density at radius 3 is 2.46 bits per heavy atom. The van der Waals surface area contributed by atoms with Crippen molar-refractivity contribution in [3.05, 3.63) is 59.8 Å². The molecule has 6 nitrogen and oxygen atoms in total. The minimum absolute atomic E-state index is 0.233. The molecule has 6 heteroatoms. The van der Waals surface area contributed by atoms with E-state index < -0.39 is 0 Å². The van der Waals surface area contributed by atoms with E-state index >= 15 is 0 Å². The number of nitrogens with zero attached hydrogens (tertiary/aromatic N) is 1. The van der Waals surface area contributed by atoms with Crippen molar-refractivity contribution in [3.63, 3.8) is 0 Å². The standard InChI is InChI=1S/C22H24N2O4/c1-5-28-16-10-8-9-15(13-16)23-20-19(17-11-6-7-12-18(17)27-4)21(25)24(14(2)3)22(20)26/h6-14,23H,5H2,1-4H3. The molecule has 146 valence electrons. The predicted octanol–water partition coefficient (Wildman–Crippen LogP) is 3.69. The van der Waals surface area contributed by atoms with Gasteiger partial charge in [0.2, 0.25) is 0 Å². The second kappa shape index (κ2) is 8.17. The zero-order chi connectivity index (χ0) is 20.3. The van der Waals surface area contributed by atoms with Crippen molar-refractivity contribution in [1.82, 2.24) is 4.90 Å². The van der Waals surface area contributed by atoms with Gasteiger partial charge in [-0.2, -0.15) is 0 Å². The van der Waals surface area contributed by atoms with Crippen LogP contribution in [0.25, 0.3) is 5.57 Å². The Morgan fingerprint density at radius 2 is 1.79 bits per heavy atom. The molecule has 0 unspecified atom stereocenters. The number of nitrogens with one attached hydrogen (secondary N) is 1. The molecule has 0 aromatic heterocycles. The highest BCUT2D eigenvalue weighted by Gasteiger charge is 2.41. The Bertz CT molecular complexity index is 934. The molecule has 0 atom stereocenters. The van der Waals surface area contributed by atoms with E-state index in [1.807, 2.05) is 51.1 Å². The molecule has 3 rings (SSSR count). The van der Waals surface area contributed by atoms with Gasteiger partial charge >= 0.3 is 0 Å². The minimum Gasteiger partial charge on any atom is -0.496 e. The highest BCUT2D eigenvalue weighted by atomic mass is 16.5. The summed E-state index contributed by atoms with van der Waals surface area (Å²) in [5.41, 5.74) is 1.78. The lowest BCUT2D eigenvalue weighted by Crippen LogP contribution is -2.38. The minimum atomic E-state index is -0.359. The average Bonchev–Trinajstić information content (AvgIpc) is 2.92. The van der Waals surface area contributed by atoms with Gasteiger partial charge in [-0.3, -0.25) is 14.5 Å². The van der Waals surface area contributed by atoms with E-state index in [0.717, 1.165) is 0 Å². The summed E-state index contributed by atoms with van der Waals surface area (Å²) >= 11 is 0. The fourth-order valence-corrected chi connectivity index (χ4v) is 3.21. The smallest absolute Gasteiger partial charge is 0.278 e. The molecule has 0 spiro atoms. The lowest BCUT2D eigenvalue weighted by Gasteiger charge is -2.19. The van der Waals surface area contributed by atoms with Gasteiger partial charge < -0.3 is 14.8 Å². The molecule has 0 bridgehead atoms. The normalized spacial score (nSPS) is 14.1. The quantitative estimate of drug-likeness (QED) is 0.742. The fourth-order valence-electron chi connectivity index (χ4n) is 3.21. The lowest BCUT2D eigenvalue weighted by molar-refractivity contribution is -0.138. The lowest BCUT2D eigenvalue weighted by atomic mass is 10.0. The first-order chi connectivity index (χ1) is 13.5. The van der Waals surface area contributed by atoms with Gasteiger partial charge in [-0.15, -0.1) is 0 Å². The number of carbonyl (C=O) groups is 2. The van der Waals surface area contributed by atoms with E-state index in [1.54, 1.807) is 25.3 Å². The number of para-hydroxylation sites is 1. The topological polar surface area (TPSA) is 67.9 Å². The molecule has 0 saturated heterocycles. The Balaban J connectivity index is 2.11. The van der Waals surface area contributed by atoms with Crippen LogP contribution in [0.5, 0.6) is 11.5 Å². The zero-order valence-electron chi connectivity index (χ0n) is 16.5. The number of methoxy groups -OCH3 is 1. The summed E-state index contributed by atoms with van der Waals surface area (Å²) in [6.07, 6.45) is 0. The van der Waals surface area contributed by atoms with Gasteiger partial charge in [-0.25, -0.2) is 0 Å². The van der Waals surface area contributed by atoms with E-state index in [9.17, 15) is 9.59 Å². The summed E-state index contributed by atoms with van der Waals surface area (Å²) in [4.78, 5) is 27.5. The molecular weight excluding hydrogens is 356 g/mol. The van der Waals surface area contributed by atoms with Crippen molar-refractivity contribution in [2.75, 3.05) is 19.0 Å². The molecule has 1 aliphatic heterocycles. The number of amides is 2. The zero-order valence-corrected chi connectivity index (χ0v) is 16.5. The highest BCUT2D eigenvalue weighted by molar-refractivity contribution is 6.37. The molecule has 0 fully saturated rings.